The van der Waals surface area contributed by atoms with E-state index in [9.17, 15) is 4.79 Å². The Balaban J connectivity index is 3.25. The third kappa shape index (κ3) is 9.21. The molecule has 0 aromatic carbocycles. The van der Waals surface area contributed by atoms with Crippen LogP contribution < -0.4 is 10.6 Å². The van der Waals surface area contributed by atoms with Crippen LogP contribution in [0.2, 0.25) is 0 Å². The molecule has 0 aliphatic rings. The summed E-state index contributed by atoms with van der Waals surface area (Å²) >= 11 is 5.40. The molecule has 0 heterocycles. The molecular formula is C9H17ClN2O. The summed E-state index contributed by atoms with van der Waals surface area (Å²) in [6.45, 7) is 3.36. The van der Waals surface area contributed by atoms with Crippen molar-refractivity contribution in [1.82, 2.24) is 10.6 Å². The quantitative estimate of drug-likeness (QED) is 0.387. The minimum absolute atomic E-state index is 0.118. The van der Waals surface area contributed by atoms with Crippen molar-refractivity contribution < 1.29 is 4.79 Å². The molecule has 0 aromatic rings. The van der Waals surface area contributed by atoms with Gasteiger partial charge in [0.15, 0.2) is 0 Å². The average molecular weight is 205 g/mol. The summed E-state index contributed by atoms with van der Waals surface area (Å²) in [7, 11) is 0. The van der Waals surface area contributed by atoms with Gasteiger partial charge in [0.1, 0.15) is 0 Å². The molecule has 0 atom stereocenters. The maximum atomic E-state index is 11.0. The lowest BCUT2D eigenvalue weighted by atomic mass is 10.3. The number of rotatable bonds is 6. The molecule has 0 rings (SSSR count). The van der Waals surface area contributed by atoms with E-state index < -0.39 is 0 Å². The Morgan fingerprint density at radius 2 is 2.15 bits per heavy atom. The number of carbonyl (C=O) groups excluding carboxylic acids is 1. The molecule has 0 aliphatic heterocycles. The Kier molecular flexibility index (Phi) is 8.88. The van der Waals surface area contributed by atoms with Crippen LogP contribution in [0.5, 0.6) is 0 Å². The van der Waals surface area contributed by atoms with E-state index in [0.717, 1.165) is 19.4 Å². The minimum Gasteiger partial charge on any atom is -0.338 e. The Bertz CT molecular complexity index is 160. The molecule has 0 radical (unpaired) electrons. The number of alkyl halides is 1. The molecule has 2 N–H and O–H groups in total. The zero-order valence-electron chi connectivity index (χ0n) is 7.98. The summed E-state index contributed by atoms with van der Waals surface area (Å²) < 4.78 is 0. The molecule has 2 amide bonds. The molecule has 3 nitrogen and oxygen atoms in total. The minimum atomic E-state index is -0.118. The highest BCUT2D eigenvalue weighted by molar-refractivity contribution is 6.18. The third-order valence-corrected chi connectivity index (χ3v) is 1.63. The molecular weight excluding hydrogens is 188 g/mol. The first-order chi connectivity index (χ1) is 6.31. The van der Waals surface area contributed by atoms with E-state index in [0.29, 0.717) is 12.4 Å². The van der Waals surface area contributed by atoms with Crippen molar-refractivity contribution >= 4 is 17.6 Å². The monoisotopic (exact) mass is 204 g/mol. The summed E-state index contributed by atoms with van der Waals surface area (Å²) in [6.07, 6.45) is 5.73. The Hall–Kier alpha value is -0.700. The smallest absolute Gasteiger partial charge is 0.315 e. The fraction of sp³-hybridized carbons (Fsp3) is 0.667. The van der Waals surface area contributed by atoms with E-state index in [2.05, 4.69) is 17.6 Å². The molecule has 4 heteroatoms. The molecule has 0 unspecified atom stereocenters. The molecule has 0 fully saturated rings. The predicted octanol–water partition coefficient (Wildman–Crippen LogP) is 1.88. The number of hydrogen-bond donors (Lipinski definition) is 2. The van der Waals surface area contributed by atoms with Crippen LogP contribution in [-0.2, 0) is 0 Å². The van der Waals surface area contributed by atoms with Gasteiger partial charge < -0.3 is 10.6 Å². The Morgan fingerprint density at radius 1 is 1.38 bits per heavy atom. The van der Waals surface area contributed by atoms with E-state index >= 15 is 0 Å². The van der Waals surface area contributed by atoms with Crippen molar-refractivity contribution in [2.45, 2.75) is 19.8 Å². The van der Waals surface area contributed by atoms with Gasteiger partial charge in [-0.2, -0.15) is 0 Å². The fourth-order valence-electron chi connectivity index (χ4n) is 0.739. The van der Waals surface area contributed by atoms with Gasteiger partial charge >= 0.3 is 6.03 Å². The van der Waals surface area contributed by atoms with Crippen molar-refractivity contribution in [1.29, 1.82) is 0 Å². The van der Waals surface area contributed by atoms with Crippen LogP contribution in [0.3, 0.4) is 0 Å². The first kappa shape index (κ1) is 12.3. The van der Waals surface area contributed by atoms with Crippen LogP contribution in [0.1, 0.15) is 19.8 Å². The van der Waals surface area contributed by atoms with Gasteiger partial charge in [-0.15, -0.1) is 11.6 Å². The molecule has 0 saturated carbocycles. The van der Waals surface area contributed by atoms with E-state index in [4.69, 9.17) is 11.6 Å². The average Bonchev–Trinajstić information content (AvgIpc) is 2.13. The van der Waals surface area contributed by atoms with Crippen LogP contribution >= 0.6 is 11.6 Å². The van der Waals surface area contributed by atoms with E-state index in [1.807, 2.05) is 6.08 Å². The van der Waals surface area contributed by atoms with Crippen LogP contribution in [0.25, 0.3) is 0 Å². The van der Waals surface area contributed by atoms with Gasteiger partial charge in [-0.1, -0.05) is 25.5 Å². The molecule has 0 aromatic heterocycles. The highest BCUT2D eigenvalue weighted by Gasteiger charge is 1.94. The second-order valence-electron chi connectivity index (χ2n) is 2.62. The zero-order valence-corrected chi connectivity index (χ0v) is 8.73. The molecule has 13 heavy (non-hydrogen) atoms. The molecule has 0 saturated heterocycles. The highest BCUT2D eigenvalue weighted by atomic mass is 35.5. The topological polar surface area (TPSA) is 41.1 Å². The van der Waals surface area contributed by atoms with Crippen LogP contribution in [0.15, 0.2) is 12.2 Å². The maximum absolute atomic E-state index is 11.0. The van der Waals surface area contributed by atoms with Gasteiger partial charge in [-0.25, -0.2) is 4.79 Å². The summed E-state index contributed by atoms with van der Waals surface area (Å²) in [6, 6.07) is -0.118. The lowest BCUT2D eigenvalue weighted by Crippen LogP contribution is -2.35. The van der Waals surface area contributed by atoms with E-state index in [-0.39, 0.29) is 6.03 Å². The van der Waals surface area contributed by atoms with Gasteiger partial charge in [0.05, 0.1) is 0 Å². The largest absolute Gasteiger partial charge is 0.338 e. The molecule has 0 bridgehead atoms. The first-order valence-electron chi connectivity index (χ1n) is 4.54. The number of amides is 2. The van der Waals surface area contributed by atoms with E-state index in [1.54, 1.807) is 6.08 Å². The van der Waals surface area contributed by atoms with Crippen molar-refractivity contribution in [2.75, 3.05) is 19.0 Å². The second kappa shape index (κ2) is 9.39. The number of hydrogen-bond acceptors (Lipinski definition) is 1. The molecule has 0 aliphatic carbocycles. The van der Waals surface area contributed by atoms with Crippen molar-refractivity contribution in [3.05, 3.63) is 12.2 Å². The van der Waals surface area contributed by atoms with Crippen molar-refractivity contribution in [3.8, 4) is 0 Å². The Labute approximate surface area is 84.5 Å². The van der Waals surface area contributed by atoms with Gasteiger partial charge in [0.25, 0.3) is 0 Å². The predicted molar refractivity (Wildman–Crippen MR) is 56.2 cm³/mol. The number of halogens is 1. The summed E-state index contributed by atoms with van der Waals surface area (Å²) in [5.74, 6) is 0.485. The van der Waals surface area contributed by atoms with Gasteiger partial charge in [-0.05, 0) is 6.42 Å². The number of nitrogens with one attached hydrogen (secondary N) is 2. The van der Waals surface area contributed by atoms with Gasteiger partial charge in [0.2, 0.25) is 0 Å². The first-order valence-corrected chi connectivity index (χ1v) is 5.07. The van der Waals surface area contributed by atoms with Crippen molar-refractivity contribution in [3.63, 3.8) is 0 Å². The Morgan fingerprint density at radius 3 is 2.77 bits per heavy atom. The lowest BCUT2D eigenvalue weighted by molar-refractivity contribution is 0.242. The van der Waals surface area contributed by atoms with Crippen LogP contribution in [0.4, 0.5) is 4.79 Å². The standard InChI is InChI=1S/C9H17ClN2O/c1-2-3-7-11-9(13)12-8-5-4-6-10/h4-5H,2-3,6-8H2,1H3,(H2,11,12,13)/b5-4+. The number of urea groups is 1. The summed E-state index contributed by atoms with van der Waals surface area (Å²) in [5.41, 5.74) is 0. The van der Waals surface area contributed by atoms with Gasteiger partial charge in [-0.3, -0.25) is 0 Å². The van der Waals surface area contributed by atoms with E-state index in [1.165, 1.54) is 0 Å². The molecule has 0 spiro atoms. The summed E-state index contributed by atoms with van der Waals surface area (Å²) in [4.78, 5) is 11.0. The van der Waals surface area contributed by atoms with Crippen LogP contribution in [0, 0.1) is 0 Å². The maximum Gasteiger partial charge on any atom is 0.315 e. The number of allylic oxidation sites excluding steroid dienone is 1. The second-order valence-corrected chi connectivity index (χ2v) is 2.92. The van der Waals surface area contributed by atoms with Crippen molar-refractivity contribution in [2.24, 2.45) is 0 Å². The number of unbranched alkanes of at least 4 members (excludes halogenated alkanes) is 1. The SMILES string of the molecule is CCCCNC(=O)NC/C=C/CCl. The highest BCUT2D eigenvalue weighted by Crippen LogP contribution is 1.82. The number of carbonyl (C=O) groups is 1. The van der Waals surface area contributed by atoms with Crippen LogP contribution in [-0.4, -0.2) is 25.0 Å². The lowest BCUT2D eigenvalue weighted by Gasteiger charge is -2.03. The molecule has 76 valence electrons. The van der Waals surface area contributed by atoms with Gasteiger partial charge in [0, 0.05) is 19.0 Å². The fourth-order valence-corrected chi connectivity index (χ4v) is 0.865. The zero-order chi connectivity index (χ0) is 9.94. The normalized spacial score (nSPS) is 10.3. The summed E-state index contributed by atoms with van der Waals surface area (Å²) in [5, 5.41) is 5.42. The third-order valence-electron chi connectivity index (χ3n) is 1.45.